The number of hydrogen-bond acceptors (Lipinski definition) is 4. The molecule has 0 unspecified atom stereocenters. The zero-order valence-electron chi connectivity index (χ0n) is 12.8. The molecule has 0 fully saturated rings. The number of amides is 1. The number of nitrogens with zero attached hydrogens (tertiary/aromatic N) is 1. The molecular formula is C17H11F3N2O3. The van der Waals surface area contributed by atoms with Crippen molar-refractivity contribution in [2.24, 2.45) is 0 Å². The number of anilines is 1. The summed E-state index contributed by atoms with van der Waals surface area (Å²) in [4.78, 5) is 12.1. The summed E-state index contributed by atoms with van der Waals surface area (Å²) >= 11 is 0. The third-order valence-corrected chi connectivity index (χ3v) is 3.48. The van der Waals surface area contributed by atoms with Gasteiger partial charge in [0.2, 0.25) is 5.88 Å². The van der Waals surface area contributed by atoms with E-state index in [0.29, 0.717) is 22.9 Å². The number of hydrogen-bond donors (Lipinski definition) is 1. The van der Waals surface area contributed by atoms with Gasteiger partial charge in [0.25, 0.3) is 5.91 Å². The SMILES string of the molecule is COc1ccc(-c2cnoc2NC(=O)c2ccc(F)c(F)c2F)cc1. The zero-order valence-corrected chi connectivity index (χ0v) is 12.8. The Labute approximate surface area is 140 Å². The number of carbonyl (C=O) groups is 1. The smallest absolute Gasteiger partial charge is 0.261 e. The van der Waals surface area contributed by atoms with Crippen LogP contribution in [-0.2, 0) is 0 Å². The molecule has 1 amide bonds. The van der Waals surface area contributed by atoms with E-state index >= 15 is 0 Å². The van der Waals surface area contributed by atoms with Crippen LogP contribution in [-0.4, -0.2) is 18.2 Å². The predicted molar refractivity (Wildman–Crippen MR) is 82.8 cm³/mol. The minimum absolute atomic E-state index is 0.0562. The van der Waals surface area contributed by atoms with Crippen LogP contribution in [0.3, 0.4) is 0 Å². The van der Waals surface area contributed by atoms with Gasteiger partial charge in [-0.25, -0.2) is 13.2 Å². The molecule has 0 saturated heterocycles. The van der Waals surface area contributed by atoms with Gasteiger partial charge in [-0.15, -0.1) is 0 Å². The van der Waals surface area contributed by atoms with Gasteiger partial charge >= 0.3 is 0 Å². The molecule has 2 aromatic carbocycles. The molecule has 128 valence electrons. The Morgan fingerprint density at radius 3 is 2.48 bits per heavy atom. The van der Waals surface area contributed by atoms with Crippen LogP contribution in [0.1, 0.15) is 10.4 Å². The largest absolute Gasteiger partial charge is 0.497 e. The van der Waals surface area contributed by atoms with Crippen molar-refractivity contribution in [2.75, 3.05) is 12.4 Å². The van der Waals surface area contributed by atoms with Gasteiger partial charge in [-0.3, -0.25) is 10.1 Å². The minimum Gasteiger partial charge on any atom is -0.497 e. The van der Waals surface area contributed by atoms with Crippen LogP contribution in [0.4, 0.5) is 19.1 Å². The second-order valence-electron chi connectivity index (χ2n) is 4.97. The molecule has 1 aromatic heterocycles. The van der Waals surface area contributed by atoms with Gasteiger partial charge in [0.1, 0.15) is 5.75 Å². The molecule has 5 nitrogen and oxygen atoms in total. The molecule has 0 saturated carbocycles. The zero-order chi connectivity index (χ0) is 18.0. The average molecular weight is 348 g/mol. The monoisotopic (exact) mass is 348 g/mol. The Balaban J connectivity index is 1.88. The summed E-state index contributed by atoms with van der Waals surface area (Å²) in [7, 11) is 1.52. The minimum atomic E-state index is -1.72. The van der Waals surface area contributed by atoms with E-state index in [9.17, 15) is 18.0 Å². The first-order valence-corrected chi connectivity index (χ1v) is 7.05. The highest BCUT2D eigenvalue weighted by atomic mass is 19.2. The van der Waals surface area contributed by atoms with Crippen LogP contribution >= 0.6 is 0 Å². The molecule has 3 aromatic rings. The summed E-state index contributed by atoms with van der Waals surface area (Å²) in [5.74, 6) is -5.10. The molecule has 0 spiro atoms. The molecule has 1 heterocycles. The summed E-state index contributed by atoms with van der Waals surface area (Å²) in [5, 5.41) is 5.89. The average Bonchev–Trinajstić information content (AvgIpc) is 3.07. The van der Waals surface area contributed by atoms with Crippen LogP contribution in [0.2, 0.25) is 0 Å². The van der Waals surface area contributed by atoms with E-state index in [0.717, 1.165) is 6.07 Å². The lowest BCUT2D eigenvalue weighted by Gasteiger charge is -2.06. The molecule has 25 heavy (non-hydrogen) atoms. The lowest BCUT2D eigenvalue weighted by atomic mass is 10.1. The molecule has 0 atom stereocenters. The molecule has 0 aliphatic heterocycles. The second-order valence-corrected chi connectivity index (χ2v) is 4.97. The number of ether oxygens (including phenoxy) is 1. The highest BCUT2D eigenvalue weighted by molar-refractivity contribution is 6.05. The van der Waals surface area contributed by atoms with Gasteiger partial charge in [-0.1, -0.05) is 17.3 Å². The van der Waals surface area contributed by atoms with Gasteiger partial charge in [-0.05, 0) is 29.8 Å². The lowest BCUT2D eigenvalue weighted by molar-refractivity contribution is 0.101. The van der Waals surface area contributed by atoms with E-state index in [2.05, 4.69) is 10.5 Å². The van der Waals surface area contributed by atoms with Gasteiger partial charge < -0.3 is 9.26 Å². The fraction of sp³-hybridized carbons (Fsp3) is 0.0588. The predicted octanol–water partition coefficient (Wildman–Crippen LogP) is 4.02. The third kappa shape index (κ3) is 3.18. The van der Waals surface area contributed by atoms with Crippen molar-refractivity contribution in [2.45, 2.75) is 0 Å². The Bertz CT molecular complexity index is 923. The fourth-order valence-electron chi connectivity index (χ4n) is 2.18. The molecule has 8 heteroatoms. The summed E-state index contributed by atoms with van der Waals surface area (Å²) in [5.41, 5.74) is 0.429. The van der Waals surface area contributed by atoms with Crippen LogP contribution in [0, 0.1) is 17.5 Å². The summed E-state index contributed by atoms with van der Waals surface area (Å²) in [6.07, 6.45) is 1.36. The van der Waals surface area contributed by atoms with E-state index < -0.39 is 28.9 Å². The van der Waals surface area contributed by atoms with Crippen LogP contribution < -0.4 is 10.1 Å². The normalized spacial score (nSPS) is 10.6. The molecule has 0 aliphatic carbocycles. The van der Waals surface area contributed by atoms with E-state index in [4.69, 9.17) is 9.26 Å². The molecule has 0 bridgehead atoms. The van der Waals surface area contributed by atoms with E-state index in [1.165, 1.54) is 13.3 Å². The highest BCUT2D eigenvalue weighted by Gasteiger charge is 2.21. The van der Waals surface area contributed by atoms with Gasteiger partial charge in [0.15, 0.2) is 17.5 Å². The quantitative estimate of drug-likeness (QED) is 0.724. The van der Waals surface area contributed by atoms with E-state index in [1.54, 1.807) is 24.3 Å². The number of rotatable bonds is 4. The van der Waals surface area contributed by atoms with Crippen molar-refractivity contribution in [1.29, 1.82) is 0 Å². The number of halogens is 3. The fourth-order valence-corrected chi connectivity index (χ4v) is 2.18. The van der Waals surface area contributed by atoms with Gasteiger partial charge in [-0.2, -0.15) is 0 Å². The van der Waals surface area contributed by atoms with Gasteiger partial charge in [0, 0.05) is 0 Å². The van der Waals surface area contributed by atoms with E-state index in [-0.39, 0.29) is 5.88 Å². The Morgan fingerprint density at radius 1 is 1.08 bits per heavy atom. The van der Waals surface area contributed by atoms with Crippen molar-refractivity contribution in [3.8, 4) is 16.9 Å². The molecular weight excluding hydrogens is 337 g/mol. The van der Waals surface area contributed by atoms with Gasteiger partial charge in [0.05, 0.1) is 24.4 Å². The lowest BCUT2D eigenvalue weighted by Crippen LogP contribution is -2.15. The highest BCUT2D eigenvalue weighted by Crippen LogP contribution is 2.29. The van der Waals surface area contributed by atoms with Crippen LogP contribution in [0.25, 0.3) is 11.1 Å². The molecule has 1 N–H and O–H groups in total. The van der Waals surface area contributed by atoms with Crippen LogP contribution in [0.15, 0.2) is 47.1 Å². The summed E-state index contributed by atoms with van der Waals surface area (Å²) in [6, 6.07) is 8.31. The van der Waals surface area contributed by atoms with Crippen molar-refractivity contribution < 1.29 is 27.2 Å². The first-order chi connectivity index (χ1) is 12.0. The number of carbonyl (C=O) groups excluding carboxylic acids is 1. The van der Waals surface area contributed by atoms with Crippen molar-refractivity contribution in [3.05, 3.63) is 65.6 Å². The Kier molecular flexibility index (Phi) is 4.42. The van der Waals surface area contributed by atoms with Crippen LogP contribution in [0.5, 0.6) is 5.75 Å². The number of aromatic nitrogens is 1. The number of methoxy groups -OCH3 is 1. The standard InChI is InChI=1S/C17H11F3N2O3/c1-24-10-4-2-9(3-5-10)12-8-21-25-17(12)22-16(23)11-6-7-13(18)15(20)14(11)19/h2-8H,1H3,(H,22,23). The Hall–Kier alpha value is -3.29. The number of nitrogens with one attached hydrogen (secondary N) is 1. The molecule has 3 rings (SSSR count). The maximum Gasteiger partial charge on any atom is 0.261 e. The topological polar surface area (TPSA) is 64.4 Å². The first kappa shape index (κ1) is 16.6. The maximum absolute atomic E-state index is 13.7. The van der Waals surface area contributed by atoms with Crippen molar-refractivity contribution >= 4 is 11.8 Å². The van der Waals surface area contributed by atoms with Crippen molar-refractivity contribution in [1.82, 2.24) is 5.16 Å². The molecule has 0 aliphatic rings. The van der Waals surface area contributed by atoms with E-state index in [1.807, 2.05) is 0 Å². The molecule has 0 radical (unpaired) electrons. The summed E-state index contributed by atoms with van der Waals surface area (Å²) < 4.78 is 50.0. The number of benzene rings is 2. The maximum atomic E-state index is 13.7. The third-order valence-electron chi connectivity index (χ3n) is 3.48. The first-order valence-electron chi connectivity index (χ1n) is 7.05. The summed E-state index contributed by atoms with van der Waals surface area (Å²) in [6.45, 7) is 0. The van der Waals surface area contributed by atoms with Crippen molar-refractivity contribution in [3.63, 3.8) is 0 Å². The second kappa shape index (κ2) is 6.68. The Morgan fingerprint density at radius 2 is 1.80 bits per heavy atom.